The Morgan fingerprint density at radius 2 is 1.90 bits per heavy atom. The third kappa shape index (κ3) is 4.26. The van der Waals surface area contributed by atoms with Crippen molar-refractivity contribution >= 4 is 17.6 Å². The van der Waals surface area contributed by atoms with E-state index in [9.17, 15) is 9.59 Å². The van der Waals surface area contributed by atoms with Crippen LogP contribution in [0.4, 0.5) is 10.5 Å². The minimum Gasteiger partial charge on any atom is -0.336 e. The maximum atomic E-state index is 11.7. The maximum Gasteiger partial charge on any atom is 0.315 e. The number of carbonyl (C=O) groups is 2. The molecule has 3 amide bonds. The van der Waals surface area contributed by atoms with E-state index in [4.69, 9.17) is 0 Å². The number of amides is 3. The molecule has 20 heavy (non-hydrogen) atoms. The predicted molar refractivity (Wildman–Crippen MR) is 78.8 cm³/mol. The van der Waals surface area contributed by atoms with E-state index in [-0.39, 0.29) is 11.9 Å². The first-order valence-electron chi connectivity index (χ1n) is 6.95. The van der Waals surface area contributed by atoms with E-state index in [1.165, 1.54) is 6.92 Å². The van der Waals surface area contributed by atoms with Crippen molar-refractivity contribution < 1.29 is 9.59 Å². The van der Waals surface area contributed by atoms with Crippen LogP contribution in [0.2, 0.25) is 0 Å². The Labute approximate surface area is 119 Å². The van der Waals surface area contributed by atoms with Crippen molar-refractivity contribution in [3.63, 3.8) is 0 Å². The van der Waals surface area contributed by atoms with Gasteiger partial charge in [0, 0.05) is 31.7 Å². The first-order chi connectivity index (χ1) is 9.56. The summed E-state index contributed by atoms with van der Waals surface area (Å²) in [6.45, 7) is 4.44. The van der Waals surface area contributed by atoms with Gasteiger partial charge in [0.25, 0.3) is 0 Å². The summed E-state index contributed by atoms with van der Waals surface area (Å²) in [6, 6.07) is 7.97. The molecule has 2 rings (SSSR count). The maximum absolute atomic E-state index is 11.7. The molecular formula is C15H21N3O2. The molecule has 1 fully saturated rings. The fourth-order valence-electron chi connectivity index (χ4n) is 1.94. The van der Waals surface area contributed by atoms with Crippen LogP contribution in [0.25, 0.3) is 0 Å². The minimum absolute atomic E-state index is 0.0294. The number of anilines is 1. The molecule has 0 aliphatic heterocycles. The van der Waals surface area contributed by atoms with Crippen molar-refractivity contribution in [3.8, 4) is 0 Å². The van der Waals surface area contributed by atoms with Gasteiger partial charge >= 0.3 is 6.03 Å². The Morgan fingerprint density at radius 1 is 1.25 bits per heavy atom. The molecule has 5 heteroatoms. The lowest BCUT2D eigenvalue weighted by Crippen LogP contribution is -2.42. The molecule has 0 unspecified atom stereocenters. The van der Waals surface area contributed by atoms with Crippen molar-refractivity contribution in [3.05, 3.63) is 29.8 Å². The standard InChI is InChI=1S/C15H21N3O2/c1-11-3-7-14(8-4-11)18(12(2)19)10-9-16-15(20)17-13-5-6-13/h3-4,7-8,13H,5-6,9-10H2,1-2H3,(H2,16,17,20). The van der Waals surface area contributed by atoms with Gasteiger partial charge in [0.05, 0.1) is 0 Å². The Kier molecular flexibility index (Phi) is 4.61. The summed E-state index contributed by atoms with van der Waals surface area (Å²) in [5.74, 6) is -0.0294. The van der Waals surface area contributed by atoms with E-state index < -0.39 is 0 Å². The molecule has 0 spiro atoms. The highest BCUT2D eigenvalue weighted by atomic mass is 16.2. The van der Waals surface area contributed by atoms with Crippen LogP contribution in [0.15, 0.2) is 24.3 Å². The van der Waals surface area contributed by atoms with E-state index in [0.29, 0.717) is 19.1 Å². The van der Waals surface area contributed by atoms with Crippen molar-refractivity contribution in [2.45, 2.75) is 32.7 Å². The number of hydrogen-bond acceptors (Lipinski definition) is 2. The zero-order chi connectivity index (χ0) is 14.5. The van der Waals surface area contributed by atoms with Gasteiger partial charge in [0.15, 0.2) is 0 Å². The second-order valence-corrected chi connectivity index (χ2v) is 5.18. The van der Waals surface area contributed by atoms with Crippen molar-refractivity contribution in [1.29, 1.82) is 0 Å². The van der Waals surface area contributed by atoms with Gasteiger partial charge in [-0.25, -0.2) is 4.79 Å². The molecule has 0 bridgehead atoms. The molecule has 0 heterocycles. The van der Waals surface area contributed by atoms with E-state index in [0.717, 1.165) is 24.1 Å². The van der Waals surface area contributed by atoms with Gasteiger partial charge in [0.2, 0.25) is 5.91 Å². The lowest BCUT2D eigenvalue weighted by atomic mass is 10.2. The summed E-state index contributed by atoms with van der Waals surface area (Å²) >= 11 is 0. The first-order valence-corrected chi connectivity index (χ1v) is 6.95. The van der Waals surface area contributed by atoms with Crippen LogP contribution in [-0.4, -0.2) is 31.1 Å². The van der Waals surface area contributed by atoms with Crippen LogP contribution in [-0.2, 0) is 4.79 Å². The lowest BCUT2D eigenvalue weighted by molar-refractivity contribution is -0.116. The number of benzene rings is 1. The number of carbonyl (C=O) groups excluding carboxylic acids is 2. The first kappa shape index (κ1) is 14.4. The molecule has 0 saturated heterocycles. The highest BCUT2D eigenvalue weighted by molar-refractivity contribution is 5.91. The Morgan fingerprint density at radius 3 is 2.45 bits per heavy atom. The van der Waals surface area contributed by atoms with Crippen molar-refractivity contribution in [2.24, 2.45) is 0 Å². The third-order valence-corrected chi connectivity index (χ3v) is 3.26. The normalized spacial score (nSPS) is 13.7. The van der Waals surface area contributed by atoms with Gasteiger partial charge in [-0.2, -0.15) is 0 Å². The summed E-state index contributed by atoms with van der Waals surface area (Å²) in [5.41, 5.74) is 2.01. The second-order valence-electron chi connectivity index (χ2n) is 5.18. The number of nitrogens with one attached hydrogen (secondary N) is 2. The molecule has 1 aliphatic carbocycles. The average Bonchev–Trinajstić information content (AvgIpc) is 3.19. The Bertz CT molecular complexity index is 480. The molecule has 2 N–H and O–H groups in total. The zero-order valence-corrected chi connectivity index (χ0v) is 12.0. The molecule has 5 nitrogen and oxygen atoms in total. The molecular weight excluding hydrogens is 254 g/mol. The van der Waals surface area contributed by atoms with E-state index in [1.807, 2.05) is 31.2 Å². The van der Waals surface area contributed by atoms with Gasteiger partial charge in [-0.1, -0.05) is 17.7 Å². The van der Waals surface area contributed by atoms with Gasteiger partial charge in [0.1, 0.15) is 0 Å². The van der Waals surface area contributed by atoms with Gasteiger partial charge in [-0.15, -0.1) is 0 Å². The van der Waals surface area contributed by atoms with Gasteiger partial charge in [-0.3, -0.25) is 4.79 Å². The molecule has 108 valence electrons. The van der Waals surface area contributed by atoms with E-state index >= 15 is 0 Å². The fraction of sp³-hybridized carbons (Fsp3) is 0.467. The average molecular weight is 275 g/mol. The van der Waals surface area contributed by atoms with Crippen molar-refractivity contribution in [1.82, 2.24) is 10.6 Å². The second kappa shape index (κ2) is 6.41. The molecule has 0 atom stereocenters. The summed E-state index contributed by atoms with van der Waals surface area (Å²) in [6.07, 6.45) is 2.13. The molecule has 0 radical (unpaired) electrons. The summed E-state index contributed by atoms with van der Waals surface area (Å²) in [7, 11) is 0. The fourth-order valence-corrected chi connectivity index (χ4v) is 1.94. The highest BCUT2D eigenvalue weighted by Crippen LogP contribution is 2.18. The van der Waals surface area contributed by atoms with Crippen molar-refractivity contribution in [2.75, 3.05) is 18.0 Å². The molecule has 0 aromatic heterocycles. The third-order valence-electron chi connectivity index (χ3n) is 3.26. The van der Waals surface area contributed by atoms with E-state index in [1.54, 1.807) is 4.90 Å². The molecule has 1 aromatic carbocycles. The Hall–Kier alpha value is -2.04. The van der Waals surface area contributed by atoms with Crippen LogP contribution in [0.3, 0.4) is 0 Å². The summed E-state index contributed by atoms with van der Waals surface area (Å²) in [4.78, 5) is 24.9. The van der Waals surface area contributed by atoms with Crippen LogP contribution in [0.1, 0.15) is 25.3 Å². The number of nitrogens with zero attached hydrogens (tertiary/aromatic N) is 1. The summed E-state index contributed by atoms with van der Waals surface area (Å²) < 4.78 is 0. The predicted octanol–water partition coefficient (Wildman–Crippen LogP) is 1.81. The smallest absolute Gasteiger partial charge is 0.315 e. The summed E-state index contributed by atoms with van der Waals surface area (Å²) in [5, 5.41) is 5.63. The van der Waals surface area contributed by atoms with Crippen LogP contribution in [0, 0.1) is 6.92 Å². The molecule has 1 aliphatic rings. The van der Waals surface area contributed by atoms with E-state index in [2.05, 4.69) is 10.6 Å². The number of aryl methyl sites for hydroxylation is 1. The van der Waals surface area contributed by atoms with Crippen LogP contribution >= 0.6 is 0 Å². The topological polar surface area (TPSA) is 61.4 Å². The monoisotopic (exact) mass is 275 g/mol. The SMILES string of the molecule is CC(=O)N(CCNC(=O)NC1CC1)c1ccc(C)cc1. The van der Waals surface area contributed by atoms with Crippen LogP contribution in [0.5, 0.6) is 0 Å². The lowest BCUT2D eigenvalue weighted by Gasteiger charge is -2.21. The highest BCUT2D eigenvalue weighted by Gasteiger charge is 2.23. The molecule has 1 aromatic rings. The minimum atomic E-state index is -0.153. The number of urea groups is 1. The van der Waals surface area contributed by atoms with Gasteiger partial charge in [-0.05, 0) is 31.9 Å². The largest absolute Gasteiger partial charge is 0.336 e. The van der Waals surface area contributed by atoms with Crippen LogP contribution < -0.4 is 15.5 Å². The Balaban J connectivity index is 1.84. The number of rotatable bonds is 5. The molecule has 1 saturated carbocycles. The van der Waals surface area contributed by atoms with Gasteiger partial charge < -0.3 is 15.5 Å². The quantitative estimate of drug-likeness (QED) is 0.861. The zero-order valence-electron chi connectivity index (χ0n) is 12.0. The number of hydrogen-bond donors (Lipinski definition) is 2.